The first kappa shape index (κ1) is 18.5. The second-order valence-corrected chi connectivity index (χ2v) is 6.98. The van der Waals surface area contributed by atoms with E-state index >= 15 is 0 Å². The highest BCUT2D eigenvalue weighted by atomic mass is 16.2. The molecule has 0 aliphatic carbocycles. The van der Waals surface area contributed by atoms with Crippen LogP contribution in [0.5, 0.6) is 0 Å². The summed E-state index contributed by atoms with van der Waals surface area (Å²) in [5.74, 6) is 0.606. The number of aromatic nitrogens is 1. The molecule has 6 nitrogen and oxygen atoms in total. The lowest BCUT2D eigenvalue weighted by Crippen LogP contribution is -2.48. The van der Waals surface area contributed by atoms with E-state index in [-0.39, 0.29) is 17.7 Å². The van der Waals surface area contributed by atoms with Crippen molar-refractivity contribution in [3.05, 3.63) is 30.5 Å². The number of carbonyl (C=O) groups excluding carboxylic acids is 2. The van der Waals surface area contributed by atoms with Gasteiger partial charge in [-0.05, 0) is 57.1 Å². The first-order valence-electron chi connectivity index (χ1n) is 9.41. The molecule has 1 aromatic heterocycles. The molecule has 3 rings (SSSR count). The minimum atomic E-state index is 0.00300. The van der Waals surface area contributed by atoms with Gasteiger partial charge in [0.1, 0.15) is 6.54 Å². The van der Waals surface area contributed by atoms with Gasteiger partial charge in [-0.2, -0.15) is 0 Å². The van der Waals surface area contributed by atoms with Crippen molar-refractivity contribution in [2.45, 2.75) is 27.3 Å². The lowest BCUT2D eigenvalue weighted by atomic mass is 9.88. The van der Waals surface area contributed by atoms with Crippen LogP contribution in [0.15, 0.2) is 30.5 Å². The number of amides is 2. The molecule has 0 radical (unpaired) electrons. The Labute approximate surface area is 154 Å². The molecule has 2 N–H and O–H groups in total. The summed E-state index contributed by atoms with van der Waals surface area (Å²) in [5, 5.41) is 7.25. The van der Waals surface area contributed by atoms with E-state index in [0.29, 0.717) is 12.5 Å². The van der Waals surface area contributed by atoms with Gasteiger partial charge in [-0.15, -0.1) is 0 Å². The van der Waals surface area contributed by atoms with E-state index in [1.54, 1.807) is 0 Å². The van der Waals surface area contributed by atoms with Gasteiger partial charge in [0.15, 0.2) is 0 Å². The standard InChI is InChI=1S/C20H28N4O2/c1-4-23(5-2)19(25)13-24-9-8-15-10-17(6-7-18(15)24)22-20(26)14(3)16-11-21-12-16/h6-10,14,16,21H,4-5,11-13H2,1-3H3,(H,22,26). The van der Waals surface area contributed by atoms with E-state index in [0.717, 1.165) is 42.8 Å². The predicted octanol–water partition coefficient (Wildman–Crippen LogP) is 2.30. The van der Waals surface area contributed by atoms with Gasteiger partial charge < -0.3 is 20.1 Å². The normalized spacial score (nSPS) is 15.5. The molecular weight excluding hydrogens is 328 g/mol. The zero-order chi connectivity index (χ0) is 18.7. The Hall–Kier alpha value is -2.34. The number of hydrogen-bond donors (Lipinski definition) is 2. The van der Waals surface area contributed by atoms with Crippen LogP contribution in [0.4, 0.5) is 5.69 Å². The average Bonchev–Trinajstić information content (AvgIpc) is 2.96. The molecule has 1 aliphatic heterocycles. The number of rotatable bonds is 7. The Morgan fingerprint density at radius 1 is 1.27 bits per heavy atom. The summed E-state index contributed by atoms with van der Waals surface area (Å²) < 4.78 is 1.96. The molecule has 1 aromatic carbocycles. The quantitative estimate of drug-likeness (QED) is 0.800. The SMILES string of the molecule is CCN(CC)C(=O)Cn1ccc2cc(NC(=O)C(C)C3CNC3)ccc21. The molecule has 2 aromatic rings. The van der Waals surface area contributed by atoms with Gasteiger partial charge in [0.05, 0.1) is 0 Å². The van der Waals surface area contributed by atoms with Gasteiger partial charge >= 0.3 is 0 Å². The maximum Gasteiger partial charge on any atom is 0.242 e. The lowest BCUT2D eigenvalue weighted by Gasteiger charge is -2.31. The number of fused-ring (bicyclic) bond motifs is 1. The van der Waals surface area contributed by atoms with Crippen molar-refractivity contribution < 1.29 is 9.59 Å². The van der Waals surface area contributed by atoms with Crippen LogP contribution in [0.25, 0.3) is 10.9 Å². The monoisotopic (exact) mass is 356 g/mol. The number of carbonyl (C=O) groups is 2. The average molecular weight is 356 g/mol. The zero-order valence-electron chi connectivity index (χ0n) is 15.8. The van der Waals surface area contributed by atoms with Gasteiger partial charge in [-0.25, -0.2) is 0 Å². The molecule has 1 saturated heterocycles. The van der Waals surface area contributed by atoms with Crippen LogP contribution in [0, 0.1) is 11.8 Å². The Morgan fingerprint density at radius 3 is 2.62 bits per heavy atom. The van der Waals surface area contributed by atoms with Gasteiger partial charge in [0.2, 0.25) is 11.8 Å². The third-order valence-corrected chi connectivity index (χ3v) is 5.39. The van der Waals surface area contributed by atoms with Crippen molar-refractivity contribution >= 4 is 28.4 Å². The van der Waals surface area contributed by atoms with Crippen LogP contribution in [-0.2, 0) is 16.1 Å². The van der Waals surface area contributed by atoms with E-state index in [9.17, 15) is 9.59 Å². The summed E-state index contributed by atoms with van der Waals surface area (Å²) >= 11 is 0. The number of nitrogens with zero attached hydrogens (tertiary/aromatic N) is 2. The highest BCUT2D eigenvalue weighted by Gasteiger charge is 2.28. The maximum absolute atomic E-state index is 12.4. The second-order valence-electron chi connectivity index (χ2n) is 6.98. The van der Waals surface area contributed by atoms with Crippen molar-refractivity contribution in [2.24, 2.45) is 11.8 Å². The first-order valence-corrected chi connectivity index (χ1v) is 9.41. The number of anilines is 1. The fourth-order valence-corrected chi connectivity index (χ4v) is 3.37. The third-order valence-electron chi connectivity index (χ3n) is 5.39. The Bertz CT molecular complexity index is 790. The molecule has 26 heavy (non-hydrogen) atoms. The van der Waals surface area contributed by atoms with Crippen LogP contribution < -0.4 is 10.6 Å². The Morgan fingerprint density at radius 2 is 2.00 bits per heavy atom. The maximum atomic E-state index is 12.4. The molecular formula is C20H28N4O2. The smallest absolute Gasteiger partial charge is 0.242 e. The van der Waals surface area contributed by atoms with Crippen molar-refractivity contribution in [2.75, 3.05) is 31.5 Å². The molecule has 0 bridgehead atoms. The molecule has 1 unspecified atom stereocenters. The third kappa shape index (κ3) is 3.75. The second kappa shape index (κ2) is 7.91. The summed E-state index contributed by atoms with van der Waals surface area (Å²) in [6, 6.07) is 7.83. The van der Waals surface area contributed by atoms with Gasteiger partial charge in [-0.3, -0.25) is 9.59 Å². The van der Waals surface area contributed by atoms with E-state index in [1.807, 2.05) is 60.7 Å². The fraction of sp³-hybridized carbons (Fsp3) is 0.500. The molecule has 1 fully saturated rings. The molecule has 6 heteroatoms. The van der Waals surface area contributed by atoms with Gasteiger partial charge in [0, 0.05) is 41.8 Å². The number of likely N-dealkylation sites (N-methyl/N-ethyl adjacent to an activating group) is 1. The summed E-state index contributed by atoms with van der Waals surface area (Å²) in [5.41, 5.74) is 1.80. The molecule has 1 aliphatic rings. The van der Waals surface area contributed by atoms with Crippen LogP contribution >= 0.6 is 0 Å². The minimum absolute atomic E-state index is 0.00300. The van der Waals surface area contributed by atoms with Crippen LogP contribution in [0.2, 0.25) is 0 Å². The minimum Gasteiger partial charge on any atom is -0.342 e. The summed E-state index contributed by atoms with van der Waals surface area (Å²) in [4.78, 5) is 26.6. The summed E-state index contributed by atoms with van der Waals surface area (Å²) in [6.07, 6.45) is 1.93. The largest absolute Gasteiger partial charge is 0.342 e. The molecule has 1 atom stereocenters. The molecule has 0 saturated carbocycles. The molecule has 2 heterocycles. The number of nitrogens with one attached hydrogen (secondary N) is 2. The van der Waals surface area contributed by atoms with Crippen LogP contribution in [0.3, 0.4) is 0 Å². The van der Waals surface area contributed by atoms with E-state index in [2.05, 4.69) is 10.6 Å². The van der Waals surface area contributed by atoms with E-state index in [1.165, 1.54) is 0 Å². The highest BCUT2D eigenvalue weighted by Crippen LogP contribution is 2.23. The highest BCUT2D eigenvalue weighted by molar-refractivity contribution is 5.95. The lowest BCUT2D eigenvalue weighted by molar-refractivity contribution is -0.131. The number of benzene rings is 1. The van der Waals surface area contributed by atoms with E-state index in [4.69, 9.17) is 0 Å². The molecule has 0 spiro atoms. The van der Waals surface area contributed by atoms with Crippen LogP contribution in [0.1, 0.15) is 20.8 Å². The first-order chi connectivity index (χ1) is 12.5. The predicted molar refractivity (Wildman–Crippen MR) is 104 cm³/mol. The van der Waals surface area contributed by atoms with Crippen LogP contribution in [-0.4, -0.2) is 47.5 Å². The summed E-state index contributed by atoms with van der Waals surface area (Å²) in [7, 11) is 0. The van der Waals surface area contributed by atoms with E-state index < -0.39 is 0 Å². The van der Waals surface area contributed by atoms with Crippen molar-refractivity contribution in [1.82, 2.24) is 14.8 Å². The topological polar surface area (TPSA) is 66.4 Å². The van der Waals surface area contributed by atoms with Crippen molar-refractivity contribution in [1.29, 1.82) is 0 Å². The Balaban J connectivity index is 1.70. The number of hydrogen-bond acceptors (Lipinski definition) is 3. The van der Waals surface area contributed by atoms with Gasteiger partial charge in [-0.1, -0.05) is 6.92 Å². The van der Waals surface area contributed by atoms with Crippen molar-refractivity contribution in [3.8, 4) is 0 Å². The fourth-order valence-electron chi connectivity index (χ4n) is 3.37. The molecule has 2 amide bonds. The molecule has 140 valence electrons. The Kier molecular flexibility index (Phi) is 5.61. The van der Waals surface area contributed by atoms with Crippen molar-refractivity contribution in [3.63, 3.8) is 0 Å². The van der Waals surface area contributed by atoms with Gasteiger partial charge in [0.25, 0.3) is 0 Å². The zero-order valence-corrected chi connectivity index (χ0v) is 15.8. The summed E-state index contributed by atoms with van der Waals surface area (Å²) in [6.45, 7) is 9.57.